The number of aromatic nitrogens is 2. The van der Waals surface area contributed by atoms with E-state index in [-0.39, 0.29) is 6.04 Å². The third kappa shape index (κ3) is 3.04. The second kappa shape index (κ2) is 6.22. The van der Waals surface area contributed by atoms with Crippen LogP contribution in [0, 0.1) is 0 Å². The molecule has 1 saturated heterocycles. The van der Waals surface area contributed by atoms with Crippen LogP contribution in [0.25, 0.3) is 0 Å². The average molecular weight is 292 g/mol. The minimum absolute atomic E-state index is 0.268. The molecule has 0 aromatic carbocycles. The van der Waals surface area contributed by atoms with Gasteiger partial charge in [0.15, 0.2) is 0 Å². The lowest BCUT2D eigenvalue weighted by molar-refractivity contribution is 0.285. The number of rotatable bonds is 4. The van der Waals surface area contributed by atoms with Crippen LogP contribution < -0.4 is 5.73 Å². The van der Waals surface area contributed by atoms with Crippen molar-refractivity contribution in [2.45, 2.75) is 63.6 Å². The Balaban J connectivity index is 1.63. The quantitative estimate of drug-likeness (QED) is 0.867. The number of thiocarbonyl (C=S) groups is 1. The summed E-state index contributed by atoms with van der Waals surface area (Å²) in [6.07, 6.45) is 11.1. The van der Waals surface area contributed by atoms with Crippen molar-refractivity contribution in [2.75, 3.05) is 6.54 Å². The normalized spacial score (nSPS) is 25.1. The van der Waals surface area contributed by atoms with E-state index in [1.807, 2.05) is 0 Å². The number of hydrogen-bond acceptors (Lipinski definition) is 3. The molecule has 5 heteroatoms. The molecule has 2 N–H and O–H groups in total. The lowest BCUT2D eigenvalue weighted by atomic mass is 9.96. The SMILES string of the molecule is NC(=S)C1CCCN1Cc1ccn(C2CCCCC2)n1. The second-order valence-electron chi connectivity index (χ2n) is 6.11. The Bertz CT molecular complexity index is 464. The third-order valence-corrected chi connectivity index (χ3v) is 4.94. The number of nitrogens with two attached hydrogens (primary N) is 1. The van der Waals surface area contributed by atoms with Crippen molar-refractivity contribution in [2.24, 2.45) is 5.73 Å². The first kappa shape index (κ1) is 14.0. The molecule has 20 heavy (non-hydrogen) atoms. The number of nitrogens with zero attached hydrogens (tertiary/aromatic N) is 3. The standard InChI is InChI=1S/C15H24N4S/c16-15(20)14-7-4-9-18(14)11-12-8-10-19(17-12)13-5-2-1-3-6-13/h8,10,13-14H,1-7,9,11H2,(H2,16,20). The van der Waals surface area contributed by atoms with Crippen molar-refractivity contribution in [1.82, 2.24) is 14.7 Å². The fraction of sp³-hybridized carbons (Fsp3) is 0.733. The monoisotopic (exact) mass is 292 g/mol. The Labute approximate surface area is 126 Å². The van der Waals surface area contributed by atoms with E-state index in [0.717, 1.165) is 25.2 Å². The highest BCUT2D eigenvalue weighted by Crippen LogP contribution is 2.28. The highest BCUT2D eigenvalue weighted by Gasteiger charge is 2.27. The first-order valence-corrected chi connectivity index (χ1v) is 8.22. The Hall–Kier alpha value is -0.940. The fourth-order valence-corrected chi connectivity index (χ4v) is 3.82. The highest BCUT2D eigenvalue weighted by molar-refractivity contribution is 7.80. The molecule has 1 aliphatic carbocycles. The van der Waals surface area contributed by atoms with E-state index in [1.165, 1.54) is 38.5 Å². The molecule has 110 valence electrons. The van der Waals surface area contributed by atoms with Crippen LogP contribution in [0.2, 0.25) is 0 Å². The minimum Gasteiger partial charge on any atom is -0.392 e. The molecule has 1 aromatic rings. The van der Waals surface area contributed by atoms with Gasteiger partial charge < -0.3 is 5.73 Å². The van der Waals surface area contributed by atoms with E-state index in [9.17, 15) is 0 Å². The van der Waals surface area contributed by atoms with Gasteiger partial charge in [0.05, 0.1) is 22.8 Å². The maximum absolute atomic E-state index is 5.83. The second-order valence-corrected chi connectivity index (χ2v) is 6.58. The van der Waals surface area contributed by atoms with Crippen LogP contribution in [-0.2, 0) is 6.54 Å². The summed E-state index contributed by atoms with van der Waals surface area (Å²) in [6.45, 7) is 1.96. The van der Waals surface area contributed by atoms with Gasteiger partial charge in [-0.25, -0.2) is 0 Å². The molecule has 0 amide bonds. The summed E-state index contributed by atoms with van der Waals surface area (Å²) in [5.41, 5.74) is 6.98. The van der Waals surface area contributed by atoms with Gasteiger partial charge in [0.25, 0.3) is 0 Å². The molecule has 1 aliphatic heterocycles. The molecule has 1 atom stereocenters. The van der Waals surface area contributed by atoms with Crippen LogP contribution in [0.3, 0.4) is 0 Å². The molecule has 4 nitrogen and oxygen atoms in total. The number of likely N-dealkylation sites (tertiary alicyclic amines) is 1. The summed E-state index contributed by atoms with van der Waals surface area (Å²) in [6, 6.07) is 3.04. The Kier molecular flexibility index (Phi) is 4.36. The van der Waals surface area contributed by atoms with Crippen LogP contribution in [0.1, 0.15) is 56.7 Å². The first-order valence-electron chi connectivity index (χ1n) is 7.81. The first-order chi connectivity index (χ1) is 9.74. The molecule has 3 rings (SSSR count). The molecule has 0 bridgehead atoms. The lowest BCUT2D eigenvalue weighted by Crippen LogP contribution is -2.38. The van der Waals surface area contributed by atoms with Gasteiger partial charge in [0, 0.05) is 12.7 Å². The summed E-state index contributed by atoms with van der Waals surface area (Å²) in [5.74, 6) is 0. The van der Waals surface area contributed by atoms with E-state index in [2.05, 4.69) is 21.8 Å². The molecule has 1 unspecified atom stereocenters. The van der Waals surface area contributed by atoms with Gasteiger partial charge in [-0.1, -0.05) is 31.5 Å². The zero-order chi connectivity index (χ0) is 13.9. The van der Waals surface area contributed by atoms with E-state index in [1.54, 1.807) is 0 Å². The molecule has 2 fully saturated rings. The average Bonchev–Trinajstić information content (AvgIpc) is 3.09. The van der Waals surface area contributed by atoms with Gasteiger partial charge >= 0.3 is 0 Å². The van der Waals surface area contributed by atoms with Gasteiger partial charge in [-0.05, 0) is 38.3 Å². The van der Waals surface area contributed by atoms with Crippen LogP contribution in [-0.4, -0.2) is 32.3 Å². The Morgan fingerprint density at radius 1 is 1.25 bits per heavy atom. The topological polar surface area (TPSA) is 47.1 Å². The van der Waals surface area contributed by atoms with Crippen molar-refractivity contribution in [3.8, 4) is 0 Å². The smallest absolute Gasteiger partial charge is 0.0902 e. The van der Waals surface area contributed by atoms with Gasteiger partial charge in [0.1, 0.15) is 0 Å². The predicted octanol–water partition coefficient (Wildman–Crippen LogP) is 2.64. The van der Waals surface area contributed by atoms with Crippen molar-refractivity contribution in [1.29, 1.82) is 0 Å². The van der Waals surface area contributed by atoms with Crippen molar-refractivity contribution < 1.29 is 0 Å². The largest absolute Gasteiger partial charge is 0.392 e. The molecule has 2 heterocycles. The molecule has 1 saturated carbocycles. The minimum atomic E-state index is 0.268. The molecular formula is C15H24N4S. The van der Waals surface area contributed by atoms with Crippen molar-refractivity contribution in [3.05, 3.63) is 18.0 Å². The maximum Gasteiger partial charge on any atom is 0.0902 e. The summed E-state index contributed by atoms with van der Waals surface area (Å²) in [5, 5.41) is 4.78. The van der Waals surface area contributed by atoms with Crippen molar-refractivity contribution >= 4 is 17.2 Å². The summed E-state index contributed by atoms with van der Waals surface area (Å²) in [7, 11) is 0. The van der Waals surface area contributed by atoms with Gasteiger partial charge in [-0.2, -0.15) is 5.10 Å². The lowest BCUT2D eigenvalue weighted by Gasteiger charge is -2.23. The summed E-state index contributed by atoms with van der Waals surface area (Å²) >= 11 is 5.17. The third-order valence-electron chi connectivity index (χ3n) is 4.67. The summed E-state index contributed by atoms with van der Waals surface area (Å²) < 4.78 is 2.18. The van der Waals surface area contributed by atoms with Crippen LogP contribution in [0.15, 0.2) is 12.3 Å². The van der Waals surface area contributed by atoms with E-state index < -0.39 is 0 Å². The number of hydrogen-bond donors (Lipinski definition) is 1. The Morgan fingerprint density at radius 2 is 2.05 bits per heavy atom. The van der Waals surface area contributed by atoms with Crippen LogP contribution >= 0.6 is 12.2 Å². The molecular weight excluding hydrogens is 268 g/mol. The van der Waals surface area contributed by atoms with Gasteiger partial charge in [0.2, 0.25) is 0 Å². The predicted molar refractivity (Wildman–Crippen MR) is 84.6 cm³/mol. The zero-order valence-electron chi connectivity index (χ0n) is 12.0. The van der Waals surface area contributed by atoms with Gasteiger partial charge in [-0.15, -0.1) is 0 Å². The van der Waals surface area contributed by atoms with Crippen LogP contribution in [0.4, 0.5) is 0 Å². The Morgan fingerprint density at radius 3 is 2.80 bits per heavy atom. The zero-order valence-corrected chi connectivity index (χ0v) is 12.8. The summed E-state index contributed by atoms with van der Waals surface area (Å²) in [4.78, 5) is 3.00. The molecule has 0 radical (unpaired) electrons. The van der Waals surface area contributed by atoms with Crippen molar-refractivity contribution in [3.63, 3.8) is 0 Å². The molecule has 2 aliphatic rings. The van der Waals surface area contributed by atoms with Crippen LogP contribution in [0.5, 0.6) is 0 Å². The maximum atomic E-state index is 5.83. The molecule has 0 spiro atoms. The van der Waals surface area contributed by atoms with Gasteiger partial charge in [-0.3, -0.25) is 9.58 Å². The van der Waals surface area contributed by atoms with E-state index >= 15 is 0 Å². The fourth-order valence-electron chi connectivity index (χ4n) is 3.56. The van der Waals surface area contributed by atoms with E-state index in [4.69, 9.17) is 23.1 Å². The molecule has 1 aromatic heterocycles. The van der Waals surface area contributed by atoms with E-state index in [0.29, 0.717) is 11.0 Å². The highest BCUT2D eigenvalue weighted by atomic mass is 32.1.